The van der Waals surface area contributed by atoms with Crippen LogP contribution in [0.5, 0.6) is 0 Å². The van der Waals surface area contributed by atoms with E-state index in [2.05, 4.69) is 47.9 Å². The van der Waals surface area contributed by atoms with Crippen molar-refractivity contribution in [3.05, 3.63) is 16.8 Å². The third-order valence-corrected chi connectivity index (χ3v) is 6.33. The number of esters is 1. The molecule has 0 bridgehead atoms. The summed E-state index contributed by atoms with van der Waals surface area (Å²) in [5.41, 5.74) is 0.797. The van der Waals surface area contributed by atoms with Crippen LogP contribution in [0.2, 0.25) is 0 Å². The van der Waals surface area contributed by atoms with Crippen molar-refractivity contribution in [2.24, 2.45) is 0 Å². The zero-order chi connectivity index (χ0) is 20.5. The summed E-state index contributed by atoms with van der Waals surface area (Å²) in [7, 11) is 0. The maximum atomic E-state index is 12.2. The lowest BCUT2D eigenvalue weighted by molar-refractivity contribution is -0.0933. The molecule has 8 heteroatoms. The predicted octanol–water partition coefficient (Wildman–Crippen LogP) is 3.48. The fraction of sp³-hybridized carbons (Fsp3) is 0.650. The molecule has 1 N–H and O–H groups in total. The monoisotopic (exact) mass is 406 g/mol. The van der Waals surface area contributed by atoms with Crippen LogP contribution in [0.4, 0.5) is 5.82 Å². The minimum absolute atomic E-state index is 0.0720. The highest BCUT2D eigenvalue weighted by atomic mass is 32.1. The molecule has 154 valence electrons. The number of nitrogens with one attached hydrogen (secondary N) is 1. The summed E-state index contributed by atoms with van der Waals surface area (Å²) in [6.07, 6.45) is 1.99. The number of rotatable bonds is 6. The highest BCUT2D eigenvalue weighted by molar-refractivity contribution is 7.20. The number of morpholine rings is 1. The summed E-state index contributed by atoms with van der Waals surface area (Å²) in [5.74, 6) is 0.460. The topological polar surface area (TPSA) is 76.6 Å². The number of carbonyl (C=O) groups excluding carboxylic acids is 1. The van der Waals surface area contributed by atoms with Gasteiger partial charge in [-0.25, -0.2) is 14.8 Å². The first-order chi connectivity index (χ1) is 13.2. The molecule has 1 aliphatic heterocycles. The van der Waals surface area contributed by atoms with Crippen LogP contribution >= 0.6 is 11.3 Å². The standard InChI is InChI=1S/C20H30N4O3S/c1-7-26-19(25)16-14(4)15-17(22-11-23-18(15)28-16)21-10-20(5,6)24-8-12(2)27-13(3)9-24/h11-13H,7-10H2,1-6H3,(H,21,22,23)/t12-,13+. The quantitative estimate of drug-likeness (QED) is 0.736. The second-order valence-electron chi connectivity index (χ2n) is 8.01. The molecule has 2 aromatic heterocycles. The fourth-order valence-corrected chi connectivity index (χ4v) is 4.72. The van der Waals surface area contributed by atoms with Crippen LogP contribution in [-0.2, 0) is 9.47 Å². The molecule has 0 radical (unpaired) electrons. The molecular weight excluding hydrogens is 376 g/mol. The predicted molar refractivity (Wildman–Crippen MR) is 112 cm³/mol. The summed E-state index contributed by atoms with van der Waals surface area (Å²) in [4.78, 5) is 24.9. The van der Waals surface area contributed by atoms with Gasteiger partial charge in [-0.2, -0.15) is 0 Å². The lowest BCUT2D eigenvalue weighted by Crippen LogP contribution is -2.57. The molecule has 0 amide bonds. The Kier molecular flexibility index (Phi) is 6.21. The van der Waals surface area contributed by atoms with E-state index in [1.165, 1.54) is 11.3 Å². The number of fused-ring (bicyclic) bond motifs is 1. The summed E-state index contributed by atoms with van der Waals surface area (Å²) in [5, 5.41) is 4.40. The Hall–Kier alpha value is -1.77. The third kappa shape index (κ3) is 4.29. The van der Waals surface area contributed by atoms with E-state index >= 15 is 0 Å². The van der Waals surface area contributed by atoms with Crippen molar-refractivity contribution in [2.45, 2.75) is 59.3 Å². The van der Waals surface area contributed by atoms with E-state index in [1.807, 2.05) is 13.8 Å². The van der Waals surface area contributed by atoms with Crippen LogP contribution in [0.15, 0.2) is 6.33 Å². The summed E-state index contributed by atoms with van der Waals surface area (Å²) in [6, 6.07) is 0. The highest BCUT2D eigenvalue weighted by Crippen LogP contribution is 2.34. The molecule has 7 nitrogen and oxygen atoms in total. The van der Waals surface area contributed by atoms with Crippen molar-refractivity contribution in [1.82, 2.24) is 14.9 Å². The minimum Gasteiger partial charge on any atom is -0.462 e. The second-order valence-corrected chi connectivity index (χ2v) is 9.01. The van der Waals surface area contributed by atoms with Crippen LogP contribution in [0.3, 0.4) is 0 Å². The van der Waals surface area contributed by atoms with Crippen molar-refractivity contribution < 1.29 is 14.3 Å². The lowest BCUT2D eigenvalue weighted by Gasteiger charge is -2.45. The van der Waals surface area contributed by atoms with Gasteiger partial charge in [0.2, 0.25) is 0 Å². The molecule has 1 saturated heterocycles. The Labute approximate surface area is 170 Å². The highest BCUT2D eigenvalue weighted by Gasteiger charge is 2.33. The zero-order valence-corrected chi connectivity index (χ0v) is 18.4. The van der Waals surface area contributed by atoms with E-state index in [1.54, 1.807) is 6.33 Å². The summed E-state index contributed by atoms with van der Waals surface area (Å²) in [6.45, 7) is 15.3. The zero-order valence-electron chi connectivity index (χ0n) is 17.5. The van der Waals surface area contributed by atoms with Gasteiger partial charge in [0.15, 0.2) is 0 Å². The van der Waals surface area contributed by atoms with Crippen LogP contribution in [0.25, 0.3) is 10.2 Å². The summed E-state index contributed by atoms with van der Waals surface area (Å²) >= 11 is 1.36. The van der Waals surface area contributed by atoms with E-state index in [0.29, 0.717) is 11.5 Å². The number of anilines is 1. The number of hydrogen-bond donors (Lipinski definition) is 1. The van der Waals surface area contributed by atoms with Crippen LogP contribution in [0, 0.1) is 6.92 Å². The lowest BCUT2D eigenvalue weighted by atomic mass is 10.00. The molecule has 28 heavy (non-hydrogen) atoms. The van der Waals surface area contributed by atoms with Crippen molar-refractivity contribution >= 4 is 33.3 Å². The first kappa shape index (κ1) is 21.0. The fourth-order valence-electron chi connectivity index (χ4n) is 3.68. The van der Waals surface area contributed by atoms with Crippen LogP contribution in [0.1, 0.15) is 49.9 Å². The number of aryl methyl sites for hydroxylation is 1. The average molecular weight is 407 g/mol. The number of carbonyl (C=O) groups is 1. The molecule has 2 atom stereocenters. The number of hydrogen-bond acceptors (Lipinski definition) is 8. The van der Waals surface area contributed by atoms with Crippen molar-refractivity contribution in [1.29, 1.82) is 0 Å². The average Bonchev–Trinajstić information content (AvgIpc) is 2.97. The SMILES string of the molecule is CCOC(=O)c1sc2ncnc(NCC(C)(C)N3C[C@@H](C)O[C@@H](C)C3)c2c1C. The van der Waals surface area contributed by atoms with E-state index in [9.17, 15) is 4.79 Å². The van der Waals surface area contributed by atoms with E-state index in [0.717, 1.165) is 41.2 Å². The van der Waals surface area contributed by atoms with Crippen LogP contribution in [-0.4, -0.2) is 64.8 Å². The molecule has 3 rings (SSSR count). The number of ether oxygens (including phenoxy) is 2. The van der Waals surface area contributed by atoms with E-state index in [-0.39, 0.29) is 23.7 Å². The van der Waals surface area contributed by atoms with Gasteiger partial charge in [0.1, 0.15) is 21.9 Å². The molecule has 0 unspecified atom stereocenters. The molecule has 0 spiro atoms. The summed E-state index contributed by atoms with van der Waals surface area (Å²) < 4.78 is 11.0. The largest absolute Gasteiger partial charge is 0.462 e. The normalized spacial score (nSPS) is 21.1. The van der Waals surface area contributed by atoms with E-state index < -0.39 is 0 Å². The molecule has 0 aliphatic carbocycles. The van der Waals surface area contributed by atoms with Gasteiger partial charge in [-0.15, -0.1) is 11.3 Å². The van der Waals surface area contributed by atoms with Gasteiger partial charge in [-0.05, 0) is 47.1 Å². The maximum Gasteiger partial charge on any atom is 0.348 e. The van der Waals surface area contributed by atoms with Crippen molar-refractivity contribution in [3.63, 3.8) is 0 Å². The molecular formula is C20H30N4O3S. The van der Waals surface area contributed by atoms with Gasteiger partial charge in [0.25, 0.3) is 0 Å². The molecule has 1 fully saturated rings. The molecule has 1 aliphatic rings. The van der Waals surface area contributed by atoms with Gasteiger partial charge in [-0.3, -0.25) is 4.90 Å². The van der Waals surface area contributed by atoms with E-state index in [4.69, 9.17) is 9.47 Å². The van der Waals surface area contributed by atoms with Gasteiger partial charge in [-0.1, -0.05) is 0 Å². The van der Waals surface area contributed by atoms with Gasteiger partial charge >= 0.3 is 5.97 Å². The number of nitrogens with zero attached hydrogens (tertiary/aromatic N) is 3. The van der Waals surface area contributed by atoms with Crippen LogP contribution < -0.4 is 5.32 Å². The smallest absolute Gasteiger partial charge is 0.348 e. The van der Waals surface area contributed by atoms with Crippen molar-refractivity contribution in [3.8, 4) is 0 Å². The molecule has 0 aromatic carbocycles. The molecule has 2 aromatic rings. The Balaban J connectivity index is 1.81. The molecule has 3 heterocycles. The third-order valence-electron chi connectivity index (χ3n) is 5.15. The number of aromatic nitrogens is 2. The Morgan fingerprint density at radius 3 is 2.68 bits per heavy atom. The van der Waals surface area contributed by atoms with Gasteiger partial charge in [0, 0.05) is 25.2 Å². The Morgan fingerprint density at radius 2 is 2.04 bits per heavy atom. The second kappa shape index (κ2) is 8.31. The Bertz CT molecular complexity index is 841. The maximum absolute atomic E-state index is 12.2. The van der Waals surface area contributed by atoms with Crippen molar-refractivity contribution in [2.75, 3.05) is 31.6 Å². The van der Waals surface area contributed by atoms with Gasteiger partial charge in [0.05, 0.1) is 24.2 Å². The van der Waals surface area contributed by atoms with Gasteiger partial charge < -0.3 is 14.8 Å². The first-order valence-corrected chi connectivity index (χ1v) is 10.6. The minimum atomic E-state index is -0.300. The number of thiophene rings is 1. The Morgan fingerprint density at radius 1 is 1.36 bits per heavy atom. The molecule has 0 saturated carbocycles. The first-order valence-electron chi connectivity index (χ1n) is 9.78.